The van der Waals surface area contributed by atoms with Crippen molar-refractivity contribution < 1.29 is 4.74 Å². The van der Waals surface area contributed by atoms with E-state index in [9.17, 15) is 0 Å². The third kappa shape index (κ3) is 2.54. The van der Waals surface area contributed by atoms with Crippen LogP contribution in [0.15, 0.2) is 11.8 Å². The molecule has 0 amide bonds. The molecular formula is C13H23NO. The van der Waals surface area contributed by atoms with Crippen molar-refractivity contribution in [2.45, 2.75) is 52.0 Å². The van der Waals surface area contributed by atoms with Crippen LogP contribution in [0.2, 0.25) is 0 Å². The van der Waals surface area contributed by atoms with E-state index in [0.717, 1.165) is 18.8 Å². The highest BCUT2D eigenvalue weighted by Crippen LogP contribution is 2.40. The van der Waals surface area contributed by atoms with Crippen molar-refractivity contribution >= 4 is 0 Å². The summed E-state index contributed by atoms with van der Waals surface area (Å²) in [5, 5.41) is 0. The summed E-state index contributed by atoms with van der Waals surface area (Å²) < 4.78 is 5.56. The highest BCUT2D eigenvalue weighted by Gasteiger charge is 2.32. The summed E-state index contributed by atoms with van der Waals surface area (Å²) in [4.78, 5) is 0. The molecule has 2 N–H and O–H groups in total. The van der Waals surface area contributed by atoms with Gasteiger partial charge in [0.1, 0.15) is 5.76 Å². The second kappa shape index (κ2) is 4.17. The molecule has 1 heterocycles. The molecule has 1 aliphatic carbocycles. The molecule has 2 rings (SSSR count). The molecule has 0 bridgehead atoms. The van der Waals surface area contributed by atoms with Gasteiger partial charge in [-0.2, -0.15) is 0 Å². The van der Waals surface area contributed by atoms with Gasteiger partial charge in [0.25, 0.3) is 0 Å². The molecule has 2 nitrogen and oxygen atoms in total. The van der Waals surface area contributed by atoms with Gasteiger partial charge >= 0.3 is 0 Å². The van der Waals surface area contributed by atoms with E-state index in [2.05, 4.69) is 19.9 Å². The number of hydrogen-bond donors (Lipinski definition) is 1. The topological polar surface area (TPSA) is 35.2 Å². The van der Waals surface area contributed by atoms with Crippen molar-refractivity contribution in [1.29, 1.82) is 0 Å². The van der Waals surface area contributed by atoms with Crippen LogP contribution in [-0.4, -0.2) is 12.6 Å². The summed E-state index contributed by atoms with van der Waals surface area (Å²) in [6.45, 7) is 5.56. The highest BCUT2D eigenvalue weighted by atomic mass is 16.5. The van der Waals surface area contributed by atoms with Crippen LogP contribution in [0, 0.1) is 11.3 Å². The van der Waals surface area contributed by atoms with Gasteiger partial charge in [0.05, 0.1) is 12.6 Å². The maximum absolute atomic E-state index is 6.25. The lowest BCUT2D eigenvalue weighted by Gasteiger charge is -2.36. The molecule has 1 aliphatic heterocycles. The molecule has 2 heteroatoms. The van der Waals surface area contributed by atoms with Gasteiger partial charge in [0.15, 0.2) is 0 Å². The first-order valence-corrected chi connectivity index (χ1v) is 6.17. The predicted molar refractivity (Wildman–Crippen MR) is 62.4 cm³/mol. The lowest BCUT2D eigenvalue weighted by atomic mass is 9.71. The average molecular weight is 209 g/mol. The summed E-state index contributed by atoms with van der Waals surface area (Å²) in [5.74, 6) is 1.70. The van der Waals surface area contributed by atoms with E-state index < -0.39 is 0 Å². The lowest BCUT2D eigenvalue weighted by molar-refractivity contribution is 0.149. The zero-order valence-corrected chi connectivity index (χ0v) is 9.96. The Bertz CT molecular complexity index is 247. The number of nitrogens with two attached hydrogens (primary N) is 1. The van der Waals surface area contributed by atoms with Crippen molar-refractivity contribution in [1.82, 2.24) is 0 Å². The van der Waals surface area contributed by atoms with Crippen molar-refractivity contribution in [3.63, 3.8) is 0 Å². The number of hydrogen-bond acceptors (Lipinski definition) is 2. The van der Waals surface area contributed by atoms with Gasteiger partial charge in [-0.1, -0.05) is 13.8 Å². The van der Waals surface area contributed by atoms with Crippen molar-refractivity contribution in [2.75, 3.05) is 6.61 Å². The predicted octanol–water partition coefficient (Wildman–Crippen LogP) is 2.83. The summed E-state index contributed by atoms with van der Waals surface area (Å²) in [7, 11) is 0. The van der Waals surface area contributed by atoms with E-state index in [1.165, 1.54) is 25.7 Å². The van der Waals surface area contributed by atoms with Crippen LogP contribution in [0.5, 0.6) is 0 Å². The average Bonchev–Trinajstić information content (AvgIpc) is 2.69. The summed E-state index contributed by atoms with van der Waals surface area (Å²) >= 11 is 0. The molecule has 2 aliphatic rings. The van der Waals surface area contributed by atoms with E-state index in [1.54, 1.807) is 0 Å². The first-order valence-electron chi connectivity index (χ1n) is 6.17. The molecule has 1 fully saturated rings. The first-order chi connectivity index (χ1) is 7.08. The van der Waals surface area contributed by atoms with Crippen LogP contribution in [0.25, 0.3) is 0 Å². The molecule has 15 heavy (non-hydrogen) atoms. The largest absolute Gasteiger partial charge is 0.496 e. The van der Waals surface area contributed by atoms with Gasteiger partial charge in [-0.05, 0) is 43.1 Å². The Balaban J connectivity index is 1.90. The van der Waals surface area contributed by atoms with Crippen LogP contribution in [0.3, 0.4) is 0 Å². The molecular weight excluding hydrogens is 186 g/mol. The standard InChI is InChI=1S/C13H23NO/c1-13(2)7-5-10(6-8-13)12(14)11-4-3-9-15-11/h4,10,12H,3,5-9,14H2,1-2H3. The Hall–Kier alpha value is -0.500. The molecule has 1 atom stereocenters. The maximum atomic E-state index is 6.25. The zero-order valence-electron chi connectivity index (χ0n) is 9.96. The van der Waals surface area contributed by atoms with E-state index in [1.807, 2.05) is 0 Å². The SMILES string of the molecule is CC1(C)CCC(C(N)C2=CCCO2)CC1. The fourth-order valence-electron chi connectivity index (χ4n) is 2.68. The Morgan fingerprint density at radius 2 is 2.07 bits per heavy atom. The Kier molecular flexibility index (Phi) is 3.06. The molecule has 0 radical (unpaired) electrons. The van der Waals surface area contributed by atoms with Crippen LogP contribution in [0.4, 0.5) is 0 Å². The minimum absolute atomic E-state index is 0.156. The molecule has 86 valence electrons. The molecule has 0 aromatic heterocycles. The molecule has 1 saturated carbocycles. The van der Waals surface area contributed by atoms with E-state index in [4.69, 9.17) is 10.5 Å². The molecule has 1 unspecified atom stereocenters. The van der Waals surface area contributed by atoms with Gasteiger partial charge in [-0.3, -0.25) is 0 Å². The van der Waals surface area contributed by atoms with E-state index >= 15 is 0 Å². The molecule has 0 aromatic carbocycles. The van der Waals surface area contributed by atoms with Gasteiger partial charge in [0.2, 0.25) is 0 Å². The fraction of sp³-hybridized carbons (Fsp3) is 0.846. The minimum Gasteiger partial charge on any atom is -0.496 e. The summed E-state index contributed by atoms with van der Waals surface area (Å²) in [5.41, 5.74) is 6.78. The quantitative estimate of drug-likeness (QED) is 0.759. The van der Waals surface area contributed by atoms with E-state index in [-0.39, 0.29) is 6.04 Å². The van der Waals surface area contributed by atoms with Crippen LogP contribution in [0.1, 0.15) is 46.0 Å². The van der Waals surface area contributed by atoms with Crippen molar-refractivity contribution in [2.24, 2.45) is 17.1 Å². The maximum Gasteiger partial charge on any atom is 0.109 e. The van der Waals surface area contributed by atoms with E-state index in [0.29, 0.717) is 11.3 Å². The third-order valence-corrected chi connectivity index (χ3v) is 3.95. The first kappa shape index (κ1) is 11.0. The minimum atomic E-state index is 0.156. The van der Waals surface area contributed by atoms with Crippen LogP contribution < -0.4 is 5.73 Å². The second-order valence-corrected chi connectivity index (χ2v) is 5.77. The number of ether oxygens (including phenoxy) is 1. The van der Waals surface area contributed by atoms with Gasteiger partial charge in [0, 0.05) is 6.42 Å². The Morgan fingerprint density at radius 1 is 1.40 bits per heavy atom. The van der Waals surface area contributed by atoms with Crippen LogP contribution in [-0.2, 0) is 4.74 Å². The fourth-order valence-corrected chi connectivity index (χ4v) is 2.68. The molecule has 0 aromatic rings. The summed E-state index contributed by atoms with van der Waals surface area (Å²) in [6, 6.07) is 0.156. The van der Waals surface area contributed by atoms with Gasteiger partial charge < -0.3 is 10.5 Å². The number of rotatable bonds is 2. The summed E-state index contributed by atoms with van der Waals surface area (Å²) in [6.07, 6.45) is 8.34. The van der Waals surface area contributed by atoms with Crippen molar-refractivity contribution in [3.05, 3.63) is 11.8 Å². The normalized spacial score (nSPS) is 28.3. The third-order valence-electron chi connectivity index (χ3n) is 3.95. The Morgan fingerprint density at radius 3 is 2.60 bits per heavy atom. The lowest BCUT2D eigenvalue weighted by Crippen LogP contribution is -2.36. The van der Waals surface area contributed by atoms with Crippen molar-refractivity contribution in [3.8, 4) is 0 Å². The Labute approximate surface area is 92.9 Å². The highest BCUT2D eigenvalue weighted by molar-refractivity contribution is 5.08. The molecule has 0 saturated heterocycles. The monoisotopic (exact) mass is 209 g/mol. The van der Waals surface area contributed by atoms with Crippen LogP contribution >= 0.6 is 0 Å². The van der Waals surface area contributed by atoms with Gasteiger partial charge in [-0.25, -0.2) is 0 Å². The zero-order chi connectivity index (χ0) is 10.9. The van der Waals surface area contributed by atoms with Gasteiger partial charge in [-0.15, -0.1) is 0 Å². The smallest absolute Gasteiger partial charge is 0.109 e. The second-order valence-electron chi connectivity index (χ2n) is 5.77. The molecule has 0 spiro atoms.